The summed E-state index contributed by atoms with van der Waals surface area (Å²) in [5.74, 6) is 0. The minimum Gasteiger partial charge on any atom is -0.243 e. The lowest BCUT2D eigenvalue weighted by atomic mass is 10.3. The Bertz CT molecular complexity index is 364. The van der Waals surface area contributed by atoms with Gasteiger partial charge in [0.15, 0.2) is 5.52 Å². The molecule has 5 heteroatoms. The number of thiol groups is 1. The zero-order valence-electron chi connectivity index (χ0n) is 5.28. The average Bonchev–Trinajstić information content (AvgIpc) is 2.45. The summed E-state index contributed by atoms with van der Waals surface area (Å²) in [4.78, 5) is 0.714. The molecule has 11 heavy (non-hydrogen) atoms. The molecule has 0 N–H and O–H groups in total. The molecule has 0 bridgehead atoms. The first-order valence-corrected chi connectivity index (χ1v) is 3.71. The molecule has 0 aliphatic carbocycles. The van der Waals surface area contributed by atoms with Gasteiger partial charge in [0.05, 0.1) is 5.02 Å². The molecule has 0 amide bonds. The van der Waals surface area contributed by atoms with E-state index < -0.39 is 0 Å². The Labute approximate surface area is 72.7 Å². The Morgan fingerprint density at radius 1 is 1.27 bits per heavy atom. The average molecular weight is 187 g/mol. The minimum atomic E-state index is 0.527. The van der Waals surface area contributed by atoms with Crippen LogP contribution in [0.25, 0.3) is 11.0 Å². The van der Waals surface area contributed by atoms with Gasteiger partial charge >= 0.3 is 0 Å². The highest BCUT2D eigenvalue weighted by molar-refractivity contribution is 7.80. The molecule has 0 aliphatic heterocycles. The minimum absolute atomic E-state index is 0.527. The molecule has 1 aromatic heterocycles. The van der Waals surface area contributed by atoms with Gasteiger partial charge in [-0.3, -0.25) is 0 Å². The van der Waals surface area contributed by atoms with Crippen LogP contribution in [-0.4, -0.2) is 10.3 Å². The quantitative estimate of drug-likeness (QED) is 0.641. The maximum atomic E-state index is 5.77. The van der Waals surface area contributed by atoms with Crippen molar-refractivity contribution in [3.8, 4) is 0 Å². The third-order valence-corrected chi connectivity index (χ3v) is 2.01. The number of halogens is 1. The molecular weight excluding hydrogens is 184 g/mol. The summed E-state index contributed by atoms with van der Waals surface area (Å²) in [6.07, 6.45) is 0. The molecule has 0 saturated carbocycles. The highest BCUT2D eigenvalue weighted by atomic mass is 35.5. The van der Waals surface area contributed by atoms with E-state index >= 15 is 0 Å². The van der Waals surface area contributed by atoms with E-state index in [1.807, 2.05) is 0 Å². The standard InChI is InChI=1S/C6H3ClN2OS/c7-3-1-2-4(11)6-5(3)8-10-9-6/h1-2,11H. The van der Waals surface area contributed by atoms with Crippen molar-refractivity contribution in [2.24, 2.45) is 0 Å². The van der Waals surface area contributed by atoms with Crippen LogP contribution in [0.15, 0.2) is 21.7 Å². The number of aromatic nitrogens is 2. The number of fused-ring (bicyclic) bond motifs is 1. The molecule has 0 aliphatic rings. The van der Waals surface area contributed by atoms with E-state index in [0.29, 0.717) is 21.0 Å². The molecule has 0 radical (unpaired) electrons. The van der Waals surface area contributed by atoms with E-state index in [1.165, 1.54) is 0 Å². The SMILES string of the molecule is Sc1ccc(Cl)c2nonc12. The second-order valence-electron chi connectivity index (χ2n) is 2.03. The van der Waals surface area contributed by atoms with E-state index in [9.17, 15) is 0 Å². The van der Waals surface area contributed by atoms with Crippen LogP contribution in [0.1, 0.15) is 0 Å². The molecule has 1 heterocycles. The fraction of sp³-hybridized carbons (Fsp3) is 0. The van der Waals surface area contributed by atoms with Gasteiger partial charge in [0.25, 0.3) is 0 Å². The van der Waals surface area contributed by atoms with Gasteiger partial charge in [-0.25, -0.2) is 4.63 Å². The Kier molecular flexibility index (Phi) is 1.51. The molecule has 0 saturated heterocycles. The van der Waals surface area contributed by atoms with Crippen molar-refractivity contribution >= 4 is 35.3 Å². The number of nitrogens with zero attached hydrogens (tertiary/aromatic N) is 2. The summed E-state index contributed by atoms with van der Waals surface area (Å²) in [7, 11) is 0. The predicted octanol–water partition coefficient (Wildman–Crippen LogP) is 2.16. The molecule has 3 nitrogen and oxygen atoms in total. The maximum absolute atomic E-state index is 5.77. The van der Waals surface area contributed by atoms with Crippen molar-refractivity contribution in [3.63, 3.8) is 0 Å². The topological polar surface area (TPSA) is 38.9 Å². The monoisotopic (exact) mass is 186 g/mol. The summed E-state index contributed by atoms with van der Waals surface area (Å²) in [6.45, 7) is 0. The lowest BCUT2D eigenvalue weighted by molar-refractivity contribution is 0.315. The van der Waals surface area contributed by atoms with Gasteiger partial charge in [0.2, 0.25) is 0 Å². The first kappa shape index (κ1) is 6.94. The second-order valence-corrected chi connectivity index (χ2v) is 2.92. The fourth-order valence-electron chi connectivity index (χ4n) is 0.823. The number of benzene rings is 1. The van der Waals surface area contributed by atoms with Gasteiger partial charge in [-0.05, 0) is 22.4 Å². The van der Waals surface area contributed by atoms with Crippen molar-refractivity contribution in [1.82, 2.24) is 10.3 Å². The van der Waals surface area contributed by atoms with Crippen LogP contribution in [-0.2, 0) is 0 Å². The fourth-order valence-corrected chi connectivity index (χ4v) is 1.23. The van der Waals surface area contributed by atoms with Crippen LogP contribution in [0.5, 0.6) is 0 Å². The first-order valence-electron chi connectivity index (χ1n) is 2.89. The van der Waals surface area contributed by atoms with Crippen molar-refractivity contribution < 1.29 is 4.63 Å². The van der Waals surface area contributed by atoms with Crippen LogP contribution in [0.3, 0.4) is 0 Å². The summed E-state index contributed by atoms with van der Waals surface area (Å²) in [5.41, 5.74) is 1.15. The zero-order valence-corrected chi connectivity index (χ0v) is 6.93. The molecular formula is C6H3ClN2OS. The Morgan fingerprint density at radius 2 is 2.00 bits per heavy atom. The Morgan fingerprint density at radius 3 is 2.73 bits per heavy atom. The smallest absolute Gasteiger partial charge is 0.154 e. The van der Waals surface area contributed by atoms with Crippen LogP contribution >= 0.6 is 24.2 Å². The zero-order chi connectivity index (χ0) is 7.84. The lowest BCUT2D eigenvalue weighted by Crippen LogP contribution is -1.73. The van der Waals surface area contributed by atoms with E-state index in [2.05, 4.69) is 27.6 Å². The molecule has 0 atom stereocenters. The lowest BCUT2D eigenvalue weighted by Gasteiger charge is -1.90. The Hall–Kier alpha value is -0.740. The molecule has 1 aromatic carbocycles. The largest absolute Gasteiger partial charge is 0.243 e. The maximum Gasteiger partial charge on any atom is 0.154 e. The predicted molar refractivity (Wildman–Crippen MR) is 44.1 cm³/mol. The third kappa shape index (κ3) is 0.985. The summed E-state index contributed by atoms with van der Waals surface area (Å²) < 4.78 is 4.49. The van der Waals surface area contributed by atoms with Crippen molar-refractivity contribution in [3.05, 3.63) is 17.2 Å². The van der Waals surface area contributed by atoms with Crippen LogP contribution in [0.4, 0.5) is 0 Å². The van der Waals surface area contributed by atoms with Gasteiger partial charge in [-0.15, -0.1) is 12.6 Å². The van der Waals surface area contributed by atoms with Gasteiger partial charge < -0.3 is 0 Å². The van der Waals surface area contributed by atoms with E-state index in [0.717, 1.165) is 0 Å². The van der Waals surface area contributed by atoms with Crippen LogP contribution in [0, 0.1) is 0 Å². The highest BCUT2D eigenvalue weighted by Crippen LogP contribution is 2.24. The molecule has 56 valence electrons. The van der Waals surface area contributed by atoms with Crippen LogP contribution in [0.2, 0.25) is 5.02 Å². The molecule has 0 unspecified atom stereocenters. The van der Waals surface area contributed by atoms with E-state index in [4.69, 9.17) is 11.6 Å². The number of hydrogen-bond donors (Lipinski definition) is 1. The highest BCUT2D eigenvalue weighted by Gasteiger charge is 2.06. The molecule has 0 fully saturated rings. The van der Waals surface area contributed by atoms with Crippen molar-refractivity contribution in [2.75, 3.05) is 0 Å². The summed E-state index contributed by atoms with van der Waals surface area (Å²) in [5, 5.41) is 7.77. The summed E-state index contributed by atoms with van der Waals surface area (Å²) in [6, 6.07) is 3.45. The van der Waals surface area contributed by atoms with Gasteiger partial charge in [-0.1, -0.05) is 11.6 Å². The number of rotatable bonds is 0. The third-order valence-electron chi connectivity index (χ3n) is 1.34. The van der Waals surface area contributed by atoms with Gasteiger partial charge in [-0.2, -0.15) is 0 Å². The first-order chi connectivity index (χ1) is 5.29. The molecule has 2 rings (SSSR count). The van der Waals surface area contributed by atoms with Crippen molar-refractivity contribution in [2.45, 2.75) is 4.90 Å². The second kappa shape index (κ2) is 2.39. The summed E-state index contributed by atoms with van der Waals surface area (Å²) >= 11 is 9.92. The molecule has 2 aromatic rings. The van der Waals surface area contributed by atoms with E-state index in [1.54, 1.807) is 12.1 Å². The number of hydrogen-bond acceptors (Lipinski definition) is 4. The van der Waals surface area contributed by atoms with Crippen molar-refractivity contribution in [1.29, 1.82) is 0 Å². The Balaban J connectivity index is 2.96. The molecule has 0 spiro atoms. The van der Waals surface area contributed by atoms with Gasteiger partial charge in [0, 0.05) is 4.90 Å². The van der Waals surface area contributed by atoms with Crippen LogP contribution < -0.4 is 0 Å². The van der Waals surface area contributed by atoms with Gasteiger partial charge in [0.1, 0.15) is 5.52 Å². The van der Waals surface area contributed by atoms with E-state index in [-0.39, 0.29) is 0 Å². The normalized spacial score (nSPS) is 10.7.